The van der Waals surface area contributed by atoms with E-state index in [1.165, 1.54) is 48.8 Å². The van der Waals surface area contributed by atoms with Crippen LogP contribution in [0.3, 0.4) is 0 Å². The molecule has 1 aromatic heterocycles. The maximum absolute atomic E-state index is 4.56. The van der Waals surface area contributed by atoms with Crippen LogP contribution in [-0.4, -0.2) is 29.5 Å². The van der Waals surface area contributed by atoms with Crippen LogP contribution in [0, 0.1) is 0 Å². The largest absolute Gasteiger partial charge is 0.303 e. The smallest absolute Gasteiger partial charge is 0.0494 e. The molecule has 0 saturated carbocycles. The number of benzene rings is 1. The minimum atomic E-state index is 1.07. The van der Waals surface area contributed by atoms with Gasteiger partial charge in [0.2, 0.25) is 0 Å². The Morgan fingerprint density at radius 3 is 2.72 bits per heavy atom. The van der Waals surface area contributed by atoms with Gasteiger partial charge in [-0.2, -0.15) is 0 Å². The number of rotatable bonds is 3. The Labute approximate surface area is 109 Å². The molecular weight excluding hydrogens is 220 g/mol. The van der Waals surface area contributed by atoms with Crippen molar-refractivity contribution in [3.05, 3.63) is 42.2 Å². The normalized spacial score (nSPS) is 17.1. The summed E-state index contributed by atoms with van der Waals surface area (Å²) >= 11 is 0. The number of piperidine rings is 1. The number of fused-ring (bicyclic) bond motifs is 1. The number of aromatic nitrogens is 1. The number of pyridine rings is 1. The van der Waals surface area contributed by atoms with Crippen molar-refractivity contribution in [2.75, 3.05) is 19.6 Å². The van der Waals surface area contributed by atoms with Crippen molar-refractivity contribution in [2.24, 2.45) is 0 Å². The number of hydrogen-bond acceptors (Lipinski definition) is 2. The van der Waals surface area contributed by atoms with Crippen LogP contribution in [0.25, 0.3) is 10.8 Å². The SMILES string of the molecule is c1ccc2c(CCN3CCCCC3)nccc2c1. The molecule has 94 valence electrons. The van der Waals surface area contributed by atoms with Crippen LogP contribution in [0.15, 0.2) is 36.5 Å². The third-order valence-corrected chi connectivity index (χ3v) is 3.87. The van der Waals surface area contributed by atoms with Gasteiger partial charge in [0.05, 0.1) is 0 Å². The second kappa shape index (κ2) is 5.49. The summed E-state index contributed by atoms with van der Waals surface area (Å²) in [6.45, 7) is 3.69. The minimum absolute atomic E-state index is 1.07. The number of nitrogens with zero attached hydrogens (tertiary/aromatic N) is 2. The summed E-state index contributed by atoms with van der Waals surface area (Å²) in [5.74, 6) is 0. The van der Waals surface area contributed by atoms with Crippen LogP contribution in [0.1, 0.15) is 25.0 Å². The Morgan fingerprint density at radius 2 is 1.83 bits per heavy atom. The van der Waals surface area contributed by atoms with E-state index < -0.39 is 0 Å². The van der Waals surface area contributed by atoms with Crippen LogP contribution in [0.5, 0.6) is 0 Å². The Morgan fingerprint density at radius 1 is 1.00 bits per heavy atom. The predicted octanol–water partition coefficient (Wildman–Crippen LogP) is 3.26. The van der Waals surface area contributed by atoms with Gasteiger partial charge in [0.1, 0.15) is 0 Å². The summed E-state index contributed by atoms with van der Waals surface area (Å²) in [7, 11) is 0. The van der Waals surface area contributed by atoms with Gasteiger partial charge in [0, 0.05) is 30.2 Å². The van der Waals surface area contributed by atoms with Crippen molar-refractivity contribution in [3.8, 4) is 0 Å². The van der Waals surface area contributed by atoms with Gasteiger partial charge in [0.15, 0.2) is 0 Å². The zero-order valence-electron chi connectivity index (χ0n) is 10.8. The van der Waals surface area contributed by atoms with Crippen molar-refractivity contribution >= 4 is 10.8 Å². The molecule has 1 aliphatic rings. The lowest BCUT2D eigenvalue weighted by Crippen LogP contribution is -2.31. The summed E-state index contributed by atoms with van der Waals surface area (Å²) in [6.07, 6.45) is 7.14. The van der Waals surface area contributed by atoms with Gasteiger partial charge in [-0.3, -0.25) is 4.98 Å². The van der Waals surface area contributed by atoms with Crippen LogP contribution < -0.4 is 0 Å². The van der Waals surface area contributed by atoms with Crippen molar-refractivity contribution in [1.29, 1.82) is 0 Å². The average molecular weight is 240 g/mol. The Bertz CT molecular complexity index is 510. The maximum atomic E-state index is 4.56. The van der Waals surface area contributed by atoms with Gasteiger partial charge in [-0.25, -0.2) is 0 Å². The lowest BCUT2D eigenvalue weighted by Gasteiger charge is -2.26. The Kier molecular flexibility index (Phi) is 3.56. The van der Waals surface area contributed by atoms with E-state index in [4.69, 9.17) is 0 Å². The second-order valence-electron chi connectivity index (χ2n) is 5.13. The first-order valence-electron chi connectivity index (χ1n) is 6.98. The maximum Gasteiger partial charge on any atom is 0.0494 e. The van der Waals surface area contributed by atoms with E-state index in [1.807, 2.05) is 6.20 Å². The van der Waals surface area contributed by atoms with Crippen LogP contribution in [0.4, 0.5) is 0 Å². The molecular formula is C16H20N2. The molecule has 2 heteroatoms. The highest BCUT2D eigenvalue weighted by Gasteiger charge is 2.10. The molecule has 18 heavy (non-hydrogen) atoms. The standard InChI is InChI=1S/C16H20N2/c1-4-11-18(12-5-1)13-9-16-15-7-3-2-6-14(15)8-10-17-16/h2-3,6-8,10H,1,4-5,9,11-13H2. The van der Waals surface area contributed by atoms with Crippen molar-refractivity contribution in [2.45, 2.75) is 25.7 Å². The zero-order chi connectivity index (χ0) is 12.2. The molecule has 0 N–H and O–H groups in total. The predicted molar refractivity (Wildman–Crippen MR) is 75.7 cm³/mol. The first-order chi connectivity index (χ1) is 8.93. The van der Waals surface area contributed by atoms with Gasteiger partial charge in [-0.05, 0) is 37.4 Å². The monoisotopic (exact) mass is 240 g/mol. The van der Waals surface area contributed by atoms with Crippen molar-refractivity contribution in [1.82, 2.24) is 9.88 Å². The molecule has 1 aromatic carbocycles. The Hall–Kier alpha value is -1.41. The van der Waals surface area contributed by atoms with E-state index >= 15 is 0 Å². The molecule has 0 bridgehead atoms. The highest BCUT2D eigenvalue weighted by atomic mass is 15.1. The lowest BCUT2D eigenvalue weighted by atomic mass is 10.1. The van der Waals surface area contributed by atoms with Gasteiger partial charge in [0.25, 0.3) is 0 Å². The summed E-state index contributed by atoms with van der Waals surface area (Å²) < 4.78 is 0. The summed E-state index contributed by atoms with van der Waals surface area (Å²) in [5.41, 5.74) is 1.25. The average Bonchev–Trinajstić information content (AvgIpc) is 2.46. The second-order valence-corrected chi connectivity index (χ2v) is 5.13. The minimum Gasteiger partial charge on any atom is -0.303 e. The molecule has 1 aliphatic heterocycles. The van der Waals surface area contributed by atoms with Crippen molar-refractivity contribution in [3.63, 3.8) is 0 Å². The molecule has 0 radical (unpaired) electrons. The third kappa shape index (κ3) is 2.54. The molecule has 2 nitrogen and oxygen atoms in total. The summed E-state index contributed by atoms with van der Waals surface area (Å²) in [6, 6.07) is 10.7. The fraction of sp³-hybridized carbons (Fsp3) is 0.438. The van der Waals surface area contributed by atoms with Crippen LogP contribution >= 0.6 is 0 Å². The van der Waals surface area contributed by atoms with E-state index in [1.54, 1.807) is 0 Å². The first kappa shape index (κ1) is 11.7. The molecule has 3 rings (SSSR count). The van der Waals surface area contributed by atoms with Gasteiger partial charge in [-0.1, -0.05) is 30.7 Å². The molecule has 1 saturated heterocycles. The van der Waals surface area contributed by atoms with Crippen LogP contribution in [-0.2, 0) is 6.42 Å². The first-order valence-corrected chi connectivity index (χ1v) is 6.98. The molecule has 0 atom stereocenters. The highest BCUT2D eigenvalue weighted by molar-refractivity contribution is 5.84. The Balaban J connectivity index is 1.74. The van der Waals surface area contributed by atoms with E-state index in [9.17, 15) is 0 Å². The molecule has 0 aliphatic carbocycles. The molecule has 0 spiro atoms. The topological polar surface area (TPSA) is 16.1 Å². The van der Waals surface area contributed by atoms with Gasteiger partial charge in [-0.15, -0.1) is 0 Å². The quantitative estimate of drug-likeness (QED) is 0.818. The van der Waals surface area contributed by atoms with Gasteiger partial charge < -0.3 is 4.90 Å². The van der Waals surface area contributed by atoms with E-state index in [0.717, 1.165) is 13.0 Å². The fourth-order valence-electron chi connectivity index (χ4n) is 2.83. The van der Waals surface area contributed by atoms with Gasteiger partial charge >= 0.3 is 0 Å². The van der Waals surface area contributed by atoms with Crippen LogP contribution in [0.2, 0.25) is 0 Å². The fourth-order valence-corrected chi connectivity index (χ4v) is 2.83. The number of hydrogen-bond donors (Lipinski definition) is 0. The zero-order valence-corrected chi connectivity index (χ0v) is 10.8. The summed E-state index contributed by atoms with van der Waals surface area (Å²) in [5, 5.41) is 2.62. The van der Waals surface area contributed by atoms with Crippen molar-refractivity contribution < 1.29 is 0 Å². The molecule has 0 unspecified atom stereocenters. The molecule has 2 heterocycles. The summed E-state index contributed by atoms with van der Waals surface area (Å²) in [4.78, 5) is 7.14. The van der Waals surface area contributed by atoms with E-state index in [0.29, 0.717) is 0 Å². The highest BCUT2D eigenvalue weighted by Crippen LogP contribution is 2.17. The molecule has 0 amide bonds. The lowest BCUT2D eigenvalue weighted by molar-refractivity contribution is 0.231. The van der Waals surface area contributed by atoms with E-state index in [-0.39, 0.29) is 0 Å². The third-order valence-electron chi connectivity index (χ3n) is 3.87. The molecule has 2 aromatic rings. The van der Waals surface area contributed by atoms with E-state index in [2.05, 4.69) is 40.2 Å². The number of likely N-dealkylation sites (tertiary alicyclic amines) is 1. The molecule has 1 fully saturated rings.